The highest BCUT2D eigenvalue weighted by atomic mass is 32.2. The van der Waals surface area contributed by atoms with Crippen LogP contribution in [0.1, 0.15) is 36.2 Å². The van der Waals surface area contributed by atoms with E-state index in [9.17, 15) is 4.79 Å². The minimum atomic E-state index is -0.222. The van der Waals surface area contributed by atoms with Crippen LogP contribution in [0, 0.1) is 13.8 Å². The monoisotopic (exact) mass is 464 g/mol. The number of carbonyl (C=O) groups excluding carboxylic acids is 1. The molecule has 1 amide bonds. The van der Waals surface area contributed by atoms with Gasteiger partial charge in [-0.15, -0.1) is 11.3 Å². The average molecular weight is 465 g/mol. The molecular formula is C24H24N4O2S2. The predicted octanol–water partition coefficient (Wildman–Crippen LogP) is 5.44. The van der Waals surface area contributed by atoms with Crippen molar-refractivity contribution in [1.82, 2.24) is 15.0 Å². The Morgan fingerprint density at radius 2 is 1.97 bits per heavy atom. The number of nitrogens with zero attached hydrogens (tertiary/aromatic N) is 3. The number of ether oxygens (including phenoxy) is 1. The molecule has 0 atom stereocenters. The number of hydrogen-bond donors (Lipinski definition) is 1. The maximum atomic E-state index is 12.5. The Hall–Kier alpha value is -2.55. The van der Waals surface area contributed by atoms with Crippen molar-refractivity contribution in [3.63, 3.8) is 0 Å². The number of thiophene rings is 1. The first kappa shape index (κ1) is 21.3. The Balaban J connectivity index is 1.47. The number of aryl methyl sites for hydroxylation is 2. The van der Waals surface area contributed by atoms with Crippen molar-refractivity contribution in [3.8, 4) is 0 Å². The molecule has 4 heterocycles. The number of carbonyl (C=O) groups is 1. The number of benzene rings is 1. The quantitative estimate of drug-likeness (QED) is 0.320. The van der Waals surface area contributed by atoms with E-state index in [1.807, 2.05) is 38.1 Å². The van der Waals surface area contributed by atoms with Gasteiger partial charge in [-0.05, 0) is 45.4 Å². The van der Waals surface area contributed by atoms with Gasteiger partial charge in [-0.1, -0.05) is 29.5 Å². The fraction of sp³-hybridized carbons (Fsp3) is 0.333. The number of rotatable bonds is 4. The van der Waals surface area contributed by atoms with Crippen LogP contribution in [-0.2, 0) is 22.6 Å². The van der Waals surface area contributed by atoms with Gasteiger partial charge < -0.3 is 10.1 Å². The Morgan fingerprint density at radius 3 is 2.75 bits per heavy atom. The zero-order valence-electron chi connectivity index (χ0n) is 18.5. The molecule has 0 saturated carbocycles. The van der Waals surface area contributed by atoms with E-state index in [-0.39, 0.29) is 17.3 Å². The van der Waals surface area contributed by atoms with Crippen LogP contribution in [-0.4, -0.2) is 32.2 Å². The third kappa shape index (κ3) is 3.98. The zero-order valence-corrected chi connectivity index (χ0v) is 20.1. The number of anilines is 1. The van der Waals surface area contributed by atoms with Crippen molar-refractivity contribution in [1.29, 1.82) is 0 Å². The van der Waals surface area contributed by atoms with E-state index in [0.29, 0.717) is 6.61 Å². The van der Waals surface area contributed by atoms with Crippen molar-refractivity contribution in [2.45, 2.75) is 51.3 Å². The minimum Gasteiger partial charge on any atom is -0.370 e. The SMILES string of the molecule is Cc1ccc(NC(=O)CSc2ncnc3c2sc2nc(C)c4c(c23)CC(C)(C)OC4)cc1. The second-order valence-corrected chi connectivity index (χ2v) is 10.7. The molecule has 0 spiro atoms. The van der Waals surface area contributed by atoms with Crippen molar-refractivity contribution in [2.24, 2.45) is 0 Å². The highest BCUT2D eigenvalue weighted by Gasteiger charge is 2.31. The van der Waals surface area contributed by atoms with E-state index in [1.165, 1.54) is 22.9 Å². The molecule has 0 aliphatic carbocycles. The second-order valence-electron chi connectivity index (χ2n) is 8.72. The summed E-state index contributed by atoms with van der Waals surface area (Å²) in [4.78, 5) is 27.4. The first-order valence-electron chi connectivity index (χ1n) is 10.5. The van der Waals surface area contributed by atoms with Gasteiger partial charge >= 0.3 is 0 Å². The van der Waals surface area contributed by atoms with Crippen molar-refractivity contribution < 1.29 is 9.53 Å². The first-order valence-corrected chi connectivity index (χ1v) is 12.3. The van der Waals surface area contributed by atoms with Crippen LogP contribution in [0.15, 0.2) is 35.6 Å². The molecular weight excluding hydrogens is 440 g/mol. The van der Waals surface area contributed by atoms with Crippen LogP contribution >= 0.6 is 23.1 Å². The molecule has 0 fully saturated rings. The molecule has 3 aromatic heterocycles. The summed E-state index contributed by atoms with van der Waals surface area (Å²) in [5.41, 5.74) is 6.11. The van der Waals surface area contributed by atoms with Crippen molar-refractivity contribution in [2.75, 3.05) is 11.1 Å². The van der Waals surface area contributed by atoms with Gasteiger partial charge in [0.25, 0.3) is 0 Å². The van der Waals surface area contributed by atoms with Gasteiger partial charge in [0.05, 0.1) is 28.2 Å². The van der Waals surface area contributed by atoms with Crippen LogP contribution < -0.4 is 5.32 Å². The van der Waals surface area contributed by atoms with Crippen molar-refractivity contribution >= 4 is 55.1 Å². The molecule has 8 heteroatoms. The van der Waals surface area contributed by atoms with Gasteiger partial charge in [-0.3, -0.25) is 4.79 Å². The lowest BCUT2D eigenvalue weighted by Crippen LogP contribution is -2.32. The van der Waals surface area contributed by atoms with Gasteiger partial charge in [-0.2, -0.15) is 0 Å². The third-order valence-electron chi connectivity index (χ3n) is 5.68. The molecule has 1 aromatic carbocycles. The highest BCUT2D eigenvalue weighted by molar-refractivity contribution is 8.00. The molecule has 0 bridgehead atoms. The predicted molar refractivity (Wildman–Crippen MR) is 131 cm³/mol. The Kier molecular flexibility index (Phi) is 5.39. The maximum Gasteiger partial charge on any atom is 0.234 e. The van der Waals surface area contributed by atoms with Gasteiger partial charge in [0.15, 0.2) is 0 Å². The van der Waals surface area contributed by atoms with Crippen molar-refractivity contribution in [3.05, 3.63) is 53.0 Å². The summed E-state index contributed by atoms with van der Waals surface area (Å²) >= 11 is 3.04. The van der Waals surface area contributed by atoms with E-state index in [2.05, 4.69) is 29.1 Å². The number of thioether (sulfide) groups is 1. The fourth-order valence-corrected chi connectivity index (χ4v) is 6.10. The molecule has 1 aliphatic rings. The lowest BCUT2D eigenvalue weighted by molar-refractivity contribution is -0.113. The van der Waals surface area contributed by atoms with Gasteiger partial charge in [0.2, 0.25) is 5.91 Å². The molecule has 0 saturated heterocycles. The largest absolute Gasteiger partial charge is 0.370 e. The number of fused-ring (bicyclic) bond motifs is 5. The average Bonchev–Trinajstić information content (AvgIpc) is 3.12. The molecule has 5 rings (SSSR count). The minimum absolute atomic E-state index is 0.0584. The number of aromatic nitrogens is 3. The van der Waals surface area contributed by atoms with E-state index >= 15 is 0 Å². The summed E-state index contributed by atoms with van der Waals surface area (Å²) in [6.45, 7) is 8.87. The number of nitrogens with one attached hydrogen (secondary N) is 1. The summed E-state index contributed by atoms with van der Waals surface area (Å²) < 4.78 is 7.02. The maximum absolute atomic E-state index is 12.5. The van der Waals surface area contributed by atoms with E-state index in [0.717, 1.165) is 48.8 Å². The lowest BCUT2D eigenvalue weighted by atomic mass is 9.89. The Bertz CT molecular complexity index is 1350. The van der Waals surface area contributed by atoms with E-state index in [4.69, 9.17) is 9.72 Å². The topological polar surface area (TPSA) is 77.0 Å². The zero-order chi connectivity index (χ0) is 22.5. The van der Waals surface area contributed by atoms with Gasteiger partial charge in [0, 0.05) is 28.8 Å². The normalized spacial score (nSPS) is 15.1. The summed E-state index contributed by atoms with van der Waals surface area (Å²) in [5.74, 6) is 0.219. The summed E-state index contributed by atoms with van der Waals surface area (Å²) in [7, 11) is 0. The fourth-order valence-electron chi connectivity index (χ4n) is 4.02. The third-order valence-corrected chi connectivity index (χ3v) is 7.88. The molecule has 164 valence electrons. The Morgan fingerprint density at radius 1 is 1.19 bits per heavy atom. The van der Waals surface area contributed by atoms with Gasteiger partial charge in [0.1, 0.15) is 16.2 Å². The summed E-state index contributed by atoms with van der Waals surface area (Å²) in [5, 5.41) is 4.87. The standard InChI is InChI=1S/C24H24N4O2S2/c1-13-5-7-15(8-6-13)28-18(29)11-31-23-21-20(25-12-26-23)19-16-9-24(3,4)30-10-17(16)14(2)27-22(19)32-21/h5-8,12H,9-11H2,1-4H3,(H,28,29). The van der Waals surface area contributed by atoms with Crippen LogP contribution in [0.2, 0.25) is 0 Å². The summed E-state index contributed by atoms with van der Waals surface area (Å²) in [6.07, 6.45) is 2.41. The molecule has 1 aliphatic heterocycles. The van der Waals surface area contributed by atoms with E-state index < -0.39 is 0 Å². The van der Waals surface area contributed by atoms with Gasteiger partial charge in [-0.25, -0.2) is 15.0 Å². The number of amides is 1. The van der Waals surface area contributed by atoms with Crippen LogP contribution in [0.3, 0.4) is 0 Å². The smallest absolute Gasteiger partial charge is 0.234 e. The van der Waals surface area contributed by atoms with E-state index in [1.54, 1.807) is 17.7 Å². The number of hydrogen-bond acceptors (Lipinski definition) is 7. The molecule has 0 radical (unpaired) electrons. The highest BCUT2D eigenvalue weighted by Crippen LogP contribution is 2.42. The lowest BCUT2D eigenvalue weighted by Gasteiger charge is -2.32. The molecule has 4 aromatic rings. The molecule has 6 nitrogen and oxygen atoms in total. The van der Waals surface area contributed by atoms with Crippen LogP contribution in [0.5, 0.6) is 0 Å². The first-order chi connectivity index (χ1) is 15.3. The molecule has 1 N–H and O–H groups in total. The molecule has 0 unspecified atom stereocenters. The van der Waals surface area contributed by atoms with Crippen LogP contribution in [0.25, 0.3) is 20.4 Å². The number of pyridine rings is 1. The second kappa shape index (κ2) is 8.10. The van der Waals surface area contributed by atoms with Crippen LogP contribution in [0.4, 0.5) is 5.69 Å². The molecule has 32 heavy (non-hydrogen) atoms. The summed E-state index contributed by atoms with van der Waals surface area (Å²) in [6, 6.07) is 7.79. The Labute approximate surface area is 194 Å².